The molecular formula is C13H17N5O3. The lowest BCUT2D eigenvalue weighted by Crippen LogP contribution is -2.46. The summed E-state index contributed by atoms with van der Waals surface area (Å²) in [5, 5.41) is 14.6. The molecule has 3 rings (SSSR count). The van der Waals surface area contributed by atoms with Crippen LogP contribution in [0.25, 0.3) is 0 Å². The number of rotatable bonds is 5. The van der Waals surface area contributed by atoms with Gasteiger partial charge < -0.3 is 4.42 Å². The minimum absolute atomic E-state index is 0.0338. The van der Waals surface area contributed by atoms with Crippen LogP contribution < -0.4 is 0 Å². The molecule has 3 heterocycles. The molecular weight excluding hydrogens is 274 g/mol. The van der Waals surface area contributed by atoms with Gasteiger partial charge in [0.25, 0.3) is 0 Å². The molecule has 1 aliphatic rings. The fourth-order valence-corrected chi connectivity index (χ4v) is 2.44. The zero-order chi connectivity index (χ0) is 14.7. The summed E-state index contributed by atoms with van der Waals surface area (Å²) >= 11 is 0. The highest BCUT2D eigenvalue weighted by molar-refractivity contribution is 5.20. The number of furan rings is 1. The van der Waals surface area contributed by atoms with Gasteiger partial charge in [-0.2, -0.15) is 5.10 Å². The lowest BCUT2D eigenvalue weighted by Gasteiger charge is -2.33. The predicted molar refractivity (Wildman–Crippen MR) is 74.4 cm³/mol. The van der Waals surface area contributed by atoms with Crippen molar-refractivity contribution < 1.29 is 9.34 Å². The summed E-state index contributed by atoms with van der Waals surface area (Å²) in [6.07, 6.45) is 4.44. The van der Waals surface area contributed by atoms with Gasteiger partial charge in [-0.05, 0) is 12.1 Å². The average molecular weight is 291 g/mol. The topological polar surface area (TPSA) is 80.6 Å². The van der Waals surface area contributed by atoms with Gasteiger partial charge in [-0.1, -0.05) is 0 Å². The van der Waals surface area contributed by atoms with Crippen molar-refractivity contribution in [1.82, 2.24) is 19.6 Å². The Balaban J connectivity index is 1.48. The lowest BCUT2D eigenvalue weighted by molar-refractivity contribution is -0.385. The molecule has 0 atom stereocenters. The van der Waals surface area contributed by atoms with Gasteiger partial charge in [0.15, 0.2) is 0 Å². The number of nitro groups is 1. The van der Waals surface area contributed by atoms with Gasteiger partial charge in [-0.25, -0.2) is 0 Å². The second kappa shape index (κ2) is 6.06. The molecule has 112 valence electrons. The minimum Gasteiger partial charge on any atom is -0.468 e. The number of nitrogens with zero attached hydrogens (tertiary/aromatic N) is 5. The van der Waals surface area contributed by atoms with Crippen molar-refractivity contribution in [2.75, 3.05) is 26.2 Å². The van der Waals surface area contributed by atoms with E-state index in [-0.39, 0.29) is 5.69 Å². The summed E-state index contributed by atoms with van der Waals surface area (Å²) < 4.78 is 6.96. The smallest absolute Gasteiger partial charge is 0.307 e. The van der Waals surface area contributed by atoms with Crippen LogP contribution >= 0.6 is 0 Å². The Morgan fingerprint density at radius 2 is 2.05 bits per heavy atom. The van der Waals surface area contributed by atoms with Crippen molar-refractivity contribution in [3.05, 3.63) is 46.7 Å². The molecule has 2 aromatic rings. The second-order valence-corrected chi connectivity index (χ2v) is 5.11. The first kappa shape index (κ1) is 13.8. The van der Waals surface area contributed by atoms with Crippen LogP contribution in [0.1, 0.15) is 5.76 Å². The number of piperazine rings is 1. The van der Waals surface area contributed by atoms with E-state index in [0.29, 0.717) is 6.67 Å². The third-order valence-corrected chi connectivity index (χ3v) is 3.60. The van der Waals surface area contributed by atoms with E-state index in [0.717, 1.165) is 38.5 Å². The van der Waals surface area contributed by atoms with Crippen molar-refractivity contribution in [2.45, 2.75) is 13.2 Å². The zero-order valence-corrected chi connectivity index (χ0v) is 11.6. The first-order valence-electron chi connectivity index (χ1n) is 6.84. The molecule has 0 aliphatic carbocycles. The van der Waals surface area contributed by atoms with E-state index < -0.39 is 4.92 Å². The molecule has 1 saturated heterocycles. The molecule has 0 radical (unpaired) electrons. The summed E-state index contributed by atoms with van der Waals surface area (Å²) in [7, 11) is 0. The molecule has 0 bridgehead atoms. The van der Waals surface area contributed by atoms with Crippen LogP contribution in [-0.4, -0.2) is 50.7 Å². The Morgan fingerprint density at radius 3 is 2.67 bits per heavy atom. The molecule has 1 aliphatic heterocycles. The molecule has 0 aromatic carbocycles. The van der Waals surface area contributed by atoms with E-state index >= 15 is 0 Å². The molecule has 21 heavy (non-hydrogen) atoms. The van der Waals surface area contributed by atoms with E-state index in [1.807, 2.05) is 12.1 Å². The van der Waals surface area contributed by atoms with Crippen LogP contribution in [0.15, 0.2) is 35.2 Å². The van der Waals surface area contributed by atoms with E-state index in [1.165, 1.54) is 12.4 Å². The summed E-state index contributed by atoms with van der Waals surface area (Å²) in [6.45, 7) is 5.13. The van der Waals surface area contributed by atoms with Gasteiger partial charge in [0.05, 0.1) is 24.4 Å². The second-order valence-electron chi connectivity index (χ2n) is 5.11. The normalized spacial score (nSPS) is 17.1. The standard InChI is InChI=1S/C13H17N5O3/c19-18(20)12-8-14-17(9-12)11-16-5-3-15(4-6-16)10-13-2-1-7-21-13/h1-2,7-9H,3-6,10-11H2. The van der Waals surface area contributed by atoms with Crippen molar-refractivity contribution >= 4 is 5.69 Å². The first-order chi connectivity index (χ1) is 10.2. The highest BCUT2D eigenvalue weighted by Crippen LogP contribution is 2.11. The van der Waals surface area contributed by atoms with Gasteiger partial charge in [0.1, 0.15) is 18.2 Å². The Morgan fingerprint density at radius 1 is 1.29 bits per heavy atom. The van der Waals surface area contributed by atoms with Crippen LogP contribution in [0.2, 0.25) is 0 Å². The van der Waals surface area contributed by atoms with Gasteiger partial charge >= 0.3 is 5.69 Å². The van der Waals surface area contributed by atoms with Crippen molar-refractivity contribution in [1.29, 1.82) is 0 Å². The monoisotopic (exact) mass is 291 g/mol. The largest absolute Gasteiger partial charge is 0.468 e. The molecule has 0 N–H and O–H groups in total. The number of hydrogen-bond acceptors (Lipinski definition) is 6. The number of hydrogen-bond donors (Lipinski definition) is 0. The van der Waals surface area contributed by atoms with Gasteiger partial charge in [0.2, 0.25) is 0 Å². The summed E-state index contributed by atoms with van der Waals surface area (Å²) in [4.78, 5) is 14.8. The van der Waals surface area contributed by atoms with Crippen molar-refractivity contribution in [3.8, 4) is 0 Å². The molecule has 0 amide bonds. The minimum atomic E-state index is -0.426. The van der Waals surface area contributed by atoms with E-state index in [1.54, 1.807) is 10.9 Å². The van der Waals surface area contributed by atoms with Crippen molar-refractivity contribution in [2.24, 2.45) is 0 Å². The van der Waals surface area contributed by atoms with E-state index in [4.69, 9.17) is 4.42 Å². The Kier molecular flexibility index (Phi) is 3.98. The third-order valence-electron chi connectivity index (χ3n) is 3.60. The van der Waals surface area contributed by atoms with Gasteiger partial charge in [-0.15, -0.1) is 0 Å². The Labute approximate surface area is 121 Å². The van der Waals surface area contributed by atoms with Gasteiger partial charge in [-0.3, -0.25) is 24.6 Å². The van der Waals surface area contributed by atoms with Crippen LogP contribution in [0.4, 0.5) is 5.69 Å². The highest BCUT2D eigenvalue weighted by atomic mass is 16.6. The fraction of sp³-hybridized carbons (Fsp3) is 0.462. The molecule has 1 fully saturated rings. The Bertz CT molecular complexity index is 587. The molecule has 8 heteroatoms. The summed E-state index contributed by atoms with van der Waals surface area (Å²) in [5.41, 5.74) is 0.0338. The lowest BCUT2D eigenvalue weighted by atomic mass is 10.3. The highest BCUT2D eigenvalue weighted by Gasteiger charge is 2.19. The SMILES string of the molecule is O=[N+]([O-])c1cnn(CN2CCN(Cc3ccco3)CC2)c1. The maximum absolute atomic E-state index is 10.6. The van der Waals surface area contributed by atoms with Gasteiger partial charge in [0, 0.05) is 26.2 Å². The predicted octanol–water partition coefficient (Wildman–Crippen LogP) is 1.16. The molecule has 0 unspecified atom stereocenters. The summed E-state index contributed by atoms with van der Waals surface area (Å²) in [6, 6.07) is 3.88. The third kappa shape index (κ3) is 3.47. The van der Waals surface area contributed by atoms with E-state index in [9.17, 15) is 10.1 Å². The molecule has 0 saturated carbocycles. The summed E-state index contributed by atoms with van der Waals surface area (Å²) in [5.74, 6) is 0.978. The maximum Gasteiger partial charge on any atom is 0.307 e. The van der Waals surface area contributed by atoms with Crippen LogP contribution in [-0.2, 0) is 13.2 Å². The van der Waals surface area contributed by atoms with Crippen LogP contribution in [0, 0.1) is 10.1 Å². The van der Waals surface area contributed by atoms with Crippen molar-refractivity contribution in [3.63, 3.8) is 0 Å². The van der Waals surface area contributed by atoms with Crippen LogP contribution in [0.5, 0.6) is 0 Å². The number of aromatic nitrogens is 2. The Hall–Kier alpha value is -2.19. The maximum atomic E-state index is 10.6. The molecule has 0 spiro atoms. The first-order valence-corrected chi connectivity index (χ1v) is 6.84. The fourth-order valence-electron chi connectivity index (χ4n) is 2.44. The zero-order valence-electron chi connectivity index (χ0n) is 11.6. The van der Waals surface area contributed by atoms with E-state index in [2.05, 4.69) is 14.9 Å². The molecule has 8 nitrogen and oxygen atoms in total. The molecule has 2 aromatic heterocycles. The van der Waals surface area contributed by atoms with Crippen LogP contribution in [0.3, 0.4) is 0 Å². The quantitative estimate of drug-likeness (QED) is 0.607. The average Bonchev–Trinajstić information content (AvgIpc) is 3.12.